The highest BCUT2D eigenvalue weighted by Crippen LogP contribution is 2.47. The maximum Gasteiger partial charge on any atom is 0.332 e. The van der Waals surface area contributed by atoms with Crippen LogP contribution in [0.15, 0.2) is 48.5 Å². The first-order valence-corrected chi connectivity index (χ1v) is 9.15. The third-order valence-corrected chi connectivity index (χ3v) is 5.47. The van der Waals surface area contributed by atoms with Crippen molar-refractivity contribution in [3.05, 3.63) is 65.2 Å². The first kappa shape index (κ1) is 19.0. The van der Waals surface area contributed by atoms with Gasteiger partial charge in [-0.3, -0.25) is 0 Å². The molecule has 4 nitrogen and oxygen atoms in total. The van der Waals surface area contributed by atoms with Gasteiger partial charge < -0.3 is 14.9 Å². The Hall–Kier alpha value is -2.75. The molecular weight excluding hydrogens is 340 g/mol. The molecule has 0 atom stereocenters. The fourth-order valence-corrected chi connectivity index (χ4v) is 3.66. The normalized spacial score (nSPS) is 17.9. The van der Waals surface area contributed by atoms with E-state index in [-0.39, 0.29) is 16.6 Å². The molecule has 0 aliphatic heterocycles. The summed E-state index contributed by atoms with van der Waals surface area (Å²) in [7, 11) is 0. The van der Waals surface area contributed by atoms with Crippen LogP contribution in [0, 0.1) is 0 Å². The number of aliphatic hydroxyl groups is 1. The highest BCUT2D eigenvalue weighted by atomic mass is 16.5. The second-order valence-electron chi connectivity index (χ2n) is 8.47. The highest BCUT2D eigenvalue weighted by molar-refractivity contribution is 5.87. The first-order chi connectivity index (χ1) is 12.6. The summed E-state index contributed by atoms with van der Waals surface area (Å²) in [4.78, 5) is 10.6. The number of hydrogen-bond acceptors (Lipinski definition) is 3. The van der Waals surface area contributed by atoms with Gasteiger partial charge in [0.15, 0.2) is 0 Å². The predicted octanol–water partition coefficient (Wildman–Crippen LogP) is 5.81. The summed E-state index contributed by atoms with van der Waals surface area (Å²) in [6, 6.07) is 13.0. The molecule has 0 amide bonds. The van der Waals surface area contributed by atoms with Crippen molar-refractivity contribution in [2.45, 2.75) is 51.4 Å². The second-order valence-corrected chi connectivity index (χ2v) is 8.47. The molecule has 1 aliphatic carbocycles. The van der Waals surface area contributed by atoms with E-state index in [1.54, 1.807) is 24.3 Å². The lowest BCUT2D eigenvalue weighted by Crippen LogP contribution is -2.33. The molecule has 27 heavy (non-hydrogen) atoms. The Kier molecular flexibility index (Phi) is 4.77. The number of carboxylic acids is 1. The van der Waals surface area contributed by atoms with E-state index in [9.17, 15) is 9.90 Å². The Bertz CT molecular complexity index is 889. The Morgan fingerprint density at radius 1 is 0.889 bits per heavy atom. The Morgan fingerprint density at radius 3 is 2.04 bits per heavy atom. The number of benzene rings is 2. The molecule has 0 radical (unpaired) electrons. The van der Waals surface area contributed by atoms with Crippen molar-refractivity contribution in [3.63, 3.8) is 0 Å². The molecule has 0 fully saturated rings. The van der Waals surface area contributed by atoms with Crippen LogP contribution in [-0.4, -0.2) is 16.2 Å². The minimum absolute atomic E-state index is 0.113. The van der Waals surface area contributed by atoms with E-state index in [2.05, 4.69) is 39.8 Å². The number of hydrogen-bond donors (Lipinski definition) is 2. The summed E-state index contributed by atoms with van der Waals surface area (Å²) >= 11 is 0. The van der Waals surface area contributed by atoms with Crippen molar-refractivity contribution in [2.24, 2.45) is 0 Å². The predicted molar refractivity (Wildman–Crippen MR) is 106 cm³/mol. The molecule has 2 N–H and O–H groups in total. The van der Waals surface area contributed by atoms with Crippen molar-refractivity contribution < 1.29 is 19.7 Å². The van der Waals surface area contributed by atoms with Crippen molar-refractivity contribution >= 4 is 11.7 Å². The molecule has 0 saturated heterocycles. The summed E-state index contributed by atoms with van der Waals surface area (Å²) < 4.78 is 6.00. The van der Waals surface area contributed by atoms with E-state index >= 15 is 0 Å². The summed E-state index contributed by atoms with van der Waals surface area (Å²) in [5.74, 6) is -0.0634. The first-order valence-electron chi connectivity index (χ1n) is 9.15. The number of carbonyl (C=O) groups is 1. The smallest absolute Gasteiger partial charge is 0.332 e. The summed E-state index contributed by atoms with van der Waals surface area (Å²) in [5.41, 5.74) is 3.42. The van der Waals surface area contributed by atoms with Crippen LogP contribution in [0.5, 0.6) is 11.5 Å². The Balaban J connectivity index is 1.86. The van der Waals surface area contributed by atoms with Gasteiger partial charge in [0.25, 0.3) is 0 Å². The topological polar surface area (TPSA) is 66.8 Å². The van der Waals surface area contributed by atoms with Gasteiger partial charge >= 0.3 is 5.97 Å². The SMILES string of the molecule is CC1(C)CCC(C)(C)c2cc(Oc3ccc(C(O)=CC(=O)O)cc3)ccc21. The van der Waals surface area contributed by atoms with Crippen LogP contribution < -0.4 is 4.74 Å². The maximum absolute atomic E-state index is 10.6. The van der Waals surface area contributed by atoms with Gasteiger partial charge in [0.05, 0.1) is 6.08 Å². The molecule has 0 unspecified atom stereocenters. The Labute approximate surface area is 160 Å². The average Bonchev–Trinajstić information content (AvgIpc) is 2.59. The monoisotopic (exact) mass is 366 g/mol. The van der Waals surface area contributed by atoms with E-state index in [1.807, 2.05) is 6.07 Å². The van der Waals surface area contributed by atoms with Gasteiger partial charge in [-0.2, -0.15) is 0 Å². The maximum atomic E-state index is 10.6. The molecule has 1 aliphatic rings. The van der Waals surface area contributed by atoms with E-state index in [0.717, 1.165) is 18.2 Å². The third kappa shape index (κ3) is 4.00. The van der Waals surface area contributed by atoms with E-state index < -0.39 is 5.97 Å². The van der Waals surface area contributed by atoms with Gasteiger partial charge in [-0.05, 0) is 71.2 Å². The zero-order chi connectivity index (χ0) is 19.8. The lowest BCUT2D eigenvalue weighted by Gasteiger charge is -2.41. The largest absolute Gasteiger partial charge is 0.507 e. The van der Waals surface area contributed by atoms with Crippen LogP contribution in [-0.2, 0) is 15.6 Å². The van der Waals surface area contributed by atoms with E-state index in [0.29, 0.717) is 11.3 Å². The molecule has 2 aromatic rings. The molecular formula is C23H26O4. The van der Waals surface area contributed by atoms with Crippen molar-refractivity contribution in [1.29, 1.82) is 0 Å². The van der Waals surface area contributed by atoms with E-state index in [1.165, 1.54) is 17.5 Å². The molecule has 142 valence electrons. The van der Waals surface area contributed by atoms with Crippen LogP contribution in [0.4, 0.5) is 0 Å². The second kappa shape index (κ2) is 6.76. The standard InChI is InChI=1S/C23H26O4/c1-22(2)11-12-23(3,4)19-13-17(9-10-18(19)22)27-16-7-5-15(6-8-16)20(24)14-21(25)26/h5-10,13-14,24H,11-12H2,1-4H3,(H,25,26). The van der Waals surface area contributed by atoms with Gasteiger partial charge in [0, 0.05) is 5.56 Å². The highest BCUT2D eigenvalue weighted by Gasteiger charge is 2.37. The van der Waals surface area contributed by atoms with Gasteiger partial charge in [0.1, 0.15) is 17.3 Å². The lowest BCUT2D eigenvalue weighted by molar-refractivity contribution is -0.131. The molecule has 0 spiro atoms. The molecule has 2 aromatic carbocycles. The number of aliphatic hydroxyl groups excluding tert-OH is 1. The molecule has 0 aromatic heterocycles. The van der Waals surface area contributed by atoms with Crippen molar-refractivity contribution in [2.75, 3.05) is 0 Å². The summed E-state index contributed by atoms with van der Waals surface area (Å²) in [6.45, 7) is 9.13. The van der Waals surface area contributed by atoms with Crippen LogP contribution in [0.3, 0.4) is 0 Å². The lowest BCUT2D eigenvalue weighted by atomic mass is 9.63. The van der Waals surface area contributed by atoms with Crippen LogP contribution in [0.25, 0.3) is 5.76 Å². The molecule has 0 saturated carbocycles. The summed E-state index contributed by atoms with van der Waals surface area (Å²) in [6.07, 6.45) is 3.07. The quantitative estimate of drug-likeness (QED) is 0.529. The third-order valence-electron chi connectivity index (χ3n) is 5.47. The van der Waals surface area contributed by atoms with Crippen LogP contribution in [0.2, 0.25) is 0 Å². The number of carboxylic acid groups (broad SMARTS) is 1. The zero-order valence-electron chi connectivity index (χ0n) is 16.2. The fourth-order valence-electron chi connectivity index (χ4n) is 3.66. The van der Waals surface area contributed by atoms with Crippen LogP contribution >= 0.6 is 0 Å². The molecule has 0 heterocycles. The number of aliphatic carboxylic acids is 1. The zero-order valence-corrected chi connectivity index (χ0v) is 16.2. The van der Waals surface area contributed by atoms with Gasteiger partial charge in [-0.25, -0.2) is 4.79 Å². The minimum atomic E-state index is -1.19. The van der Waals surface area contributed by atoms with Crippen LogP contribution in [0.1, 0.15) is 57.2 Å². The molecule has 4 heteroatoms. The Morgan fingerprint density at radius 2 is 1.44 bits per heavy atom. The van der Waals surface area contributed by atoms with Crippen molar-refractivity contribution in [1.82, 2.24) is 0 Å². The molecule has 3 rings (SSSR count). The van der Waals surface area contributed by atoms with Crippen molar-refractivity contribution in [3.8, 4) is 11.5 Å². The number of rotatable bonds is 4. The fraction of sp³-hybridized carbons (Fsp3) is 0.348. The number of ether oxygens (including phenoxy) is 1. The summed E-state index contributed by atoms with van der Waals surface area (Å²) in [5, 5.41) is 18.5. The minimum Gasteiger partial charge on any atom is -0.507 e. The van der Waals surface area contributed by atoms with E-state index in [4.69, 9.17) is 9.84 Å². The average molecular weight is 366 g/mol. The van der Waals surface area contributed by atoms with Gasteiger partial charge in [-0.1, -0.05) is 33.8 Å². The van der Waals surface area contributed by atoms with Gasteiger partial charge in [-0.15, -0.1) is 0 Å². The molecule has 0 bridgehead atoms. The van der Waals surface area contributed by atoms with Gasteiger partial charge in [0.2, 0.25) is 0 Å². The number of fused-ring (bicyclic) bond motifs is 1.